The van der Waals surface area contributed by atoms with Crippen LogP contribution >= 0.6 is 11.6 Å². The van der Waals surface area contributed by atoms with Crippen LogP contribution in [0, 0.1) is 6.92 Å². The van der Waals surface area contributed by atoms with Crippen molar-refractivity contribution in [3.63, 3.8) is 0 Å². The fourth-order valence-corrected chi connectivity index (χ4v) is 1.98. The van der Waals surface area contributed by atoms with Gasteiger partial charge in [-0.15, -0.1) is 0 Å². The molecule has 1 fully saturated rings. The summed E-state index contributed by atoms with van der Waals surface area (Å²) in [5.41, 5.74) is 1.55. The van der Waals surface area contributed by atoms with Crippen LogP contribution in [-0.2, 0) is 4.74 Å². The molecule has 0 spiro atoms. The van der Waals surface area contributed by atoms with Gasteiger partial charge in [-0.3, -0.25) is 4.79 Å². The highest BCUT2D eigenvalue weighted by molar-refractivity contribution is 6.31. The summed E-state index contributed by atoms with van der Waals surface area (Å²) in [7, 11) is 0. The van der Waals surface area contributed by atoms with E-state index in [1.165, 1.54) is 0 Å². The number of hydrogen-bond donors (Lipinski definition) is 2. The number of hydrogen-bond acceptors (Lipinski definition) is 3. The van der Waals surface area contributed by atoms with E-state index in [4.69, 9.17) is 16.3 Å². The van der Waals surface area contributed by atoms with Gasteiger partial charge >= 0.3 is 0 Å². The van der Waals surface area contributed by atoms with E-state index in [0.717, 1.165) is 18.7 Å². The summed E-state index contributed by atoms with van der Waals surface area (Å²) in [5, 5.41) is 6.77. The Hall–Kier alpha value is -1.10. The predicted molar refractivity (Wildman–Crippen MR) is 71.1 cm³/mol. The molecule has 1 atom stereocenters. The predicted octanol–water partition coefficient (Wildman–Crippen LogP) is 1.37. The molecule has 2 rings (SSSR count). The Morgan fingerprint density at radius 1 is 1.61 bits per heavy atom. The molecule has 0 radical (unpaired) electrons. The monoisotopic (exact) mass is 268 g/mol. The van der Waals surface area contributed by atoms with Crippen LogP contribution in [-0.4, -0.2) is 38.3 Å². The highest BCUT2D eigenvalue weighted by Gasteiger charge is 2.14. The number of halogens is 1. The van der Waals surface area contributed by atoms with Crippen LogP contribution < -0.4 is 10.6 Å². The smallest absolute Gasteiger partial charge is 0.251 e. The summed E-state index contributed by atoms with van der Waals surface area (Å²) in [5.74, 6) is -0.107. The molecule has 2 N–H and O–H groups in total. The zero-order valence-electron chi connectivity index (χ0n) is 10.3. The quantitative estimate of drug-likeness (QED) is 0.871. The molecule has 1 heterocycles. The zero-order valence-corrected chi connectivity index (χ0v) is 11.1. The second kappa shape index (κ2) is 6.18. The van der Waals surface area contributed by atoms with E-state index in [2.05, 4.69) is 10.6 Å². The maximum absolute atomic E-state index is 11.9. The third-order valence-electron chi connectivity index (χ3n) is 2.94. The number of morpholine rings is 1. The van der Waals surface area contributed by atoms with Gasteiger partial charge in [0, 0.05) is 29.7 Å². The van der Waals surface area contributed by atoms with E-state index >= 15 is 0 Å². The van der Waals surface area contributed by atoms with Crippen molar-refractivity contribution in [1.29, 1.82) is 0 Å². The maximum Gasteiger partial charge on any atom is 0.251 e. The van der Waals surface area contributed by atoms with Crippen molar-refractivity contribution in [2.24, 2.45) is 0 Å². The lowest BCUT2D eigenvalue weighted by Crippen LogP contribution is -2.48. The SMILES string of the molecule is Cc1ccc(C(=O)NCC2COCCN2)cc1Cl. The normalized spacial score (nSPS) is 19.6. The third-order valence-corrected chi connectivity index (χ3v) is 3.35. The van der Waals surface area contributed by atoms with Crippen molar-refractivity contribution in [2.45, 2.75) is 13.0 Å². The second-order valence-electron chi connectivity index (χ2n) is 4.40. The van der Waals surface area contributed by atoms with E-state index < -0.39 is 0 Å². The number of rotatable bonds is 3. The molecule has 1 aromatic carbocycles. The highest BCUT2D eigenvalue weighted by Crippen LogP contribution is 2.16. The molecule has 98 valence electrons. The molecule has 1 aromatic rings. The van der Waals surface area contributed by atoms with Gasteiger partial charge in [0.2, 0.25) is 0 Å². The second-order valence-corrected chi connectivity index (χ2v) is 4.81. The molecule has 18 heavy (non-hydrogen) atoms. The highest BCUT2D eigenvalue weighted by atomic mass is 35.5. The van der Waals surface area contributed by atoms with Gasteiger partial charge in [0.25, 0.3) is 5.91 Å². The number of amides is 1. The first kappa shape index (κ1) is 13.3. The Morgan fingerprint density at radius 2 is 2.44 bits per heavy atom. The third kappa shape index (κ3) is 3.45. The Labute approximate surface area is 112 Å². The minimum atomic E-state index is -0.107. The van der Waals surface area contributed by atoms with Crippen molar-refractivity contribution >= 4 is 17.5 Å². The summed E-state index contributed by atoms with van der Waals surface area (Å²) in [6, 6.07) is 5.50. The summed E-state index contributed by atoms with van der Waals surface area (Å²) in [6.45, 7) is 4.67. The Balaban J connectivity index is 1.88. The molecule has 1 amide bonds. The first-order valence-corrected chi connectivity index (χ1v) is 6.40. The molecule has 5 heteroatoms. The number of ether oxygens (including phenoxy) is 1. The lowest BCUT2D eigenvalue weighted by Gasteiger charge is -2.23. The Morgan fingerprint density at radius 3 is 3.11 bits per heavy atom. The van der Waals surface area contributed by atoms with Crippen LogP contribution in [0.15, 0.2) is 18.2 Å². The van der Waals surface area contributed by atoms with Crippen LogP contribution in [0.5, 0.6) is 0 Å². The van der Waals surface area contributed by atoms with Gasteiger partial charge in [-0.1, -0.05) is 17.7 Å². The fraction of sp³-hybridized carbons (Fsp3) is 0.462. The van der Waals surface area contributed by atoms with E-state index in [9.17, 15) is 4.79 Å². The van der Waals surface area contributed by atoms with Crippen LogP contribution in [0.2, 0.25) is 5.02 Å². The number of benzene rings is 1. The minimum absolute atomic E-state index is 0.107. The molecule has 0 saturated carbocycles. The van der Waals surface area contributed by atoms with Gasteiger partial charge < -0.3 is 15.4 Å². The van der Waals surface area contributed by atoms with Crippen LogP contribution in [0.4, 0.5) is 0 Å². The number of carbonyl (C=O) groups excluding carboxylic acids is 1. The lowest BCUT2D eigenvalue weighted by molar-refractivity contribution is 0.0734. The number of carbonyl (C=O) groups is 1. The summed E-state index contributed by atoms with van der Waals surface area (Å²) in [4.78, 5) is 11.9. The van der Waals surface area contributed by atoms with E-state index in [0.29, 0.717) is 23.7 Å². The van der Waals surface area contributed by atoms with Gasteiger partial charge in [-0.05, 0) is 24.6 Å². The van der Waals surface area contributed by atoms with Crippen LogP contribution in [0.1, 0.15) is 15.9 Å². The molecule has 1 unspecified atom stereocenters. The molecule has 1 aliphatic heterocycles. The average molecular weight is 269 g/mol. The van der Waals surface area contributed by atoms with Gasteiger partial charge in [-0.25, -0.2) is 0 Å². The van der Waals surface area contributed by atoms with Crippen molar-refractivity contribution in [3.05, 3.63) is 34.3 Å². The Bertz CT molecular complexity index is 431. The van der Waals surface area contributed by atoms with Gasteiger partial charge in [0.1, 0.15) is 0 Å². The molecule has 4 nitrogen and oxygen atoms in total. The minimum Gasteiger partial charge on any atom is -0.378 e. The standard InChI is InChI=1S/C13H17ClN2O2/c1-9-2-3-10(6-12(9)14)13(17)16-7-11-8-18-5-4-15-11/h2-3,6,11,15H,4-5,7-8H2,1H3,(H,16,17). The summed E-state index contributed by atoms with van der Waals surface area (Å²) < 4.78 is 5.32. The summed E-state index contributed by atoms with van der Waals surface area (Å²) >= 11 is 5.99. The van der Waals surface area contributed by atoms with Crippen LogP contribution in [0.3, 0.4) is 0 Å². The average Bonchev–Trinajstić information content (AvgIpc) is 2.40. The maximum atomic E-state index is 11.9. The number of aryl methyl sites for hydroxylation is 1. The molecule has 0 aliphatic carbocycles. The van der Waals surface area contributed by atoms with Crippen LogP contribution in [0.25, 0.3) is 0 Å². The van der Waals surface area contributed by atoms with Gasteiger partial charge in [0.15, 0.2) is 0 Å². The van der Waals surface area contributed by atoms with Crippen molar-refractivity contribution in [2.75, 3.05) is 26.3 Å². The van der Waals surface area contributed by atoms with Gasteiger partial charge in [0.05, 0.1) is 13.2 Å². The van der Waals surface area contributed by atoms with E-state index in [-0.39, 0.29) is 11.9 Å². The molecule has 0 aromatic heterocycles. The molecular weight excluding hydrogens is 252 g/mol. The van der Waals surface area contributed by atoms with E-state index in [1.807, 2.05) is 13.0 Å². The molecule has 0 bridgehead atoms. The van der Waals surface area contributed by atoms with Crippen molar-refractivity contribution in [1.82, 2.24) is 10.6 Å². The lowest BCUT2D eigenvalue weighted by atomic mass is 10.1. The zero-order chi connectivity index (χ0) is 13.0. The first-order chi connectivity index (χ1) is 8.66. The largest absolute Gasteiger partial charge is 0.378 e. The van der Waals surface area contributed by atoms with Gasteiger partial charge in [-0.2, -0.15) is 0 Å². The summed E-state index contributed by atoms with van der Waals surface area (Å²) in [6.07, 6.45) is 0. The molecule has 1 saturated heterocycles. The molecule has 1 aliphatic rings. The van der Waals surface area contributed by atoms with E-state index in [1.54, 1.807) is 12.1 Å². The fourth-order valence-electron chi connectivity index (χ4n) is 1.80. The molecular formula is C13H17ClN2O2. The Kier molecular flexibility index (Phi) is 4.58. The topological polar surface area (TPSA) is 50.4 Å². The number of nitrogens with one attached hydrogen (secondary N) is 2. The first-order valence-electron chi connectivity index (χ1n) is 6.02. The van der Waals surface area contributed by atoms with Crippen molar-refractivity contribution < 1.29 is 9.53 Å². The van der Waals surface area contributed by atoms with Crippen molar-refractivity contribution in [3.8, 4) is 0 Å².